The molecule has 2 saturated heterocycles. The molecule has 79 heavy (non-hydrogen) atoms. The molecule has 10 rings (SSSR count). The lowest BCUT2D eigenvalue weighted by atomic mass is 10.1. The van der Waals surface area contributed by atoms with Crippen molar-refractivity contribution in [2.24, 2.45) is 0 Å². The van der Waals surface area contributed by atoms with E-state index < -0.39 is 35.5 Å². The van der Waals surface area contributed by atoms with Gasteiger partial charge in [0.25, 0.3) is 11.8 Å². The summed E-state index contributed by atoms with van der Waals surface area (Å²) in [6, 6.07) is 27.3. The highest BCUT2D eigenvalue weighted by Gasteiger charge is 2.37. The second-order valence-electron chi connectivity index (χ2n) is 18.4. The number of urea groups is 2. The van der Waals surface area contributed by atoms with E-state index in [1.807, 2.05) is 40.7 Å². The number of pyridine rings is 2. The number of piperazine rings is 1. The first-order valence-corrected chi connectivity index (χ1v) is 24.8. The highest BCUT2D eigenvalue weighted by atomic mass is 19.4. The van der Waals surface area contributed by atoms with Crippen LogP contribution in [0.4, 0.5) is 70.1 Å². The fraction of sp³-hybridized carbons (Fsp3) is 0.236. The number of likely N-dealkylation sites (N-methyl/N-ethyl adjacent to an activating group) is 1. The minimum Gasteiger partial charge on any atom is -0.378 e. The van der Waals surface area contributed by atoms with Gasteiger partial charge in [-0.05, 0) is 116 Å². The van der Waals surface area contributed by atoms with Gasteiger partial charge in [0.1, 0.15) is 11.4 Å². The number of rotatable bonds is 10. The highest BCUT2D eigenvalue weighted by molar-refractivity contribution is 6.02. The quantitative estimate of drug-likeness (QED) is 0.0718. The van der Waals surface area contributed by atoms with Crippen molar-refractivity contribution in [1.82, 2.24) is 34.6 Å². The van der Waals surface area contributed by atoms with Gasteiger partial charge in [0.2, 0.25) is 0 Å². The molecule has 0 radical (unpaired) electrons. The number of morpholine rings is 1. The zero-order valence-corrected chi connectivity index (χ0v) is 42.8. The van der Waals surface area contributed by atoms with Crippen LogP contribution in [0.25, 0.3) is 33.2 Å². The number of carbonyl (C=O) groups excluding carboxylic acids is 4. The van der Waals surface area contributed by atoms with E-state index in [1.54, 1.807) is 82.9 Å². The lowest BCUT2D eigenvalue weighted by Gasteiger charge is -2.35. The van der Waals surface area contributed by atoms with Crippen molar-refractivity contribution < 1.29 is 50.3 Å². The zero-order valence-electron chi connectivity index (χ0n) is 42.8. The first-order chi connectivity index (χ1) is 37.8. The minimum atomic E-state index is -4.59. The third-order valence-electron chi connectivity index (χ3n) is 13.2. The Balaban J connectivity index is 0.000000192. The molecule has 0 spiro atoms. The summed E-state index contributed by atoms with van der Waals surface area (Å²) < 4.78 is 92.1. The number of hydrogen-bond donors (Lipinski definition) is 6. The second kappa shape index (κ2) is 23.2. The molecule has 410 valence electrons. The standard InChI is InChI=1S/C28H28F3N7O2.C27H25F3N6O3/c1-32-26(39)23-17-21(7-9-33-23)38-10-8-18-15-19(3-5-24(18)38)34-27(40)35-20-4-6-25(22(16-20)28(29,30)31)37-13-11-36(2)12-14-37;1-31-25(37)22-16-20(6-8-32-22)36-9-7-17-14-18(2-4-23(17)36)33-26(38)34-19-3-5-24(21(15-19)27(28,29)30)35-10-12-39-13-11-35/h3-10,15-17H,11-14H2,1-2H3,(H,32,39)(H2,34,35,40);2-9,14-16H,10-13H2,1H3,(H,31,37)(H2,33,34,38). The molecule has 2 aliphatic rings. The monoisotopic (exact) mass is 1090 g/mol. The normalized spacial score (nSPS) is 14.0. The Morgan fingerprint density at radius 2 is 0.886 bits per heavy atom. The van der Waals surface area contributed by atoms with Crippen molar-refractivity contribution in [3.8, 4) is 11.4 Å². The maximum absolute atomic E-state index is 13.9. The molecule has 6 heterocycles. The van der Waals surface area contributed by atoms with Gasteiger partial charge < -0.3 is 60.5 Å². The van der Waals surface area contributed by atoms with E-state index >= 15 is 0 Å². The molecule has 8 aromatic rings. The van der Waals surface area contributed by atoms with Gasteiger partial charge in [0.15, 0.2) is 0 Å². The molecule has 24 heteroatoms. The second-order valence-corrected chi connectivity index (χ2v) is 18.4. The van der Waals surface area contributed by atoms with Crippen molar-refractivity contribution in [2.75, 3.05) is 105 Å². The maximum Gasteiger partial charge on any atom is 0.418 e. The lowest BCUT2D eigenvalue weighted by molar-refractivity contribution is -0.138. The van der Waals surface area contributed by atoms with Crippen LogP contribution in [0.15, 0.2) is 134 Å². The molecule has 6 amide bonds. The van der Waals surface area contributed by atoms with Gasteiger partial charge in [0, 0.05) is 134 Å². The van der Waals surface area contributed by atoms with E-state index in [4.69, 9.17) is 4.74 Å². The van der Waals surface area contributed by atoms with Gasteiger partial charge in [0.05, 0.1) is 35.4 Å². The first-order valence-electron chi connectivity index (χ1n) is 24.8. The van der Waals surface area contributed by atoms with Crippen molar-refractivity contribution in [1.29, 1.82) is 0 Å². The summed E-state index contributed by atoms with van der Waals surface area (Å²) >= 11 is 0. The Kier molecular flexibility index (Phi) is 16.0. The van der Waals surface area contributed by atoms with Gasteiger partial charge in [-0.15, -0.1) is 0 Å². The number of ether oxygens (including phenoxy) is 1. The lowest BCUT2D eigenvalue weighted by Crippen LogP contribution is -2.45. The average Bonchev–Trinajstić information content (AvgIpc) is 4.19. The number of alkyl halides is 6. The predicted octanol–water partition coefficient (Wildman–Crippen LogP) is 9.68. The van der Waals surface area contributed by atoms with E-state index in [2.05, 4.69) is 46.8 Å². The minimum absolute atomic E-state index is 0.0219. The van der Waals surface area contributed by atoms with E-state index in [1.165, 1.54) is 38.4 Å². The molecule has 18 nitrogen and oxygen atoms in total. The van der Waals surface area contributed by atoms with Crippen LogP contribution in [-0.2, 0) is 17.1 Å². The van der Waals surface area contributed by atoms with E-state index in [9.17, 15) is 45.5 Å². The molecule has 2 fully saturated rings. The van der Waals surface area contributed by atoms with Crippen LogP contribution in [0.3, 0.4) is 0 Å². The molecule has 4 aromatic heterocycles. The summed E-state index contributed by atoms with van der Waals surface area (Å²) in [7, 11) is 5.00. The molecule has 4 aromatic carbocycles. The van der Waals surface area contributed by atoms with Crippen LogP contribution < -0.4 is 41.7 Å². The molecule has 0 saturated carbocycles. The van der Waals surface area contributed by atoms with Gasteiger partial charge in [-0.3, -0.25) is 19.6 Å². The smallest absolute Gasteiger partial charge is 0.378 e. The molecule has 0 unspecified atom stereocenters. The number of nitrogens with one attached hydrogen (secondary N) is 6. The fourth-order valence-electron chi connectivity index (χ4n) is 9.21. The number of nitrogens with zero attached hydrogens (tertiary/aromatic N) is 7. The molecule has 6 N–H and O–H groups in total. The zero-order chi connectivity index (χ0) is 56.0. The Morgan fingerprint density at radius 1 is 0.494 bits per heavy atom. The average molecular weight is 1090 g/mol. The van der Waals surface area contributed by atoms with Crippen molar-refractivity contribution in [3.63, 3.8) is 0 Å². The molecule has 0 atom stereocenters. The van der Waals surface area contributed by atoms with Gasteiger partial charge >= 0.3 is 24.4 Å². The maximum atomic E-state index is 13.9. The van der Waals surface area contributed by atoms with Crippen LogP contribution >= 0.6 is 0 Å². The number of carbonyl (C=O) groups is 4. The van der Waals surface area contributed by atoms with Gasteiger partial charge in [-0.2, -0.15) is 26.3 Å². The third kappa shape index (κ3) is 12.8. The molecule has 0 aliphatic carbocycles. The van der Waals surface area contributed by atoms with Crippen molar-refractivity contribution in [2.45, 2.75) is 12.4 Å². The van der Waals surface area contributed by atoms with Gasteiger partial charge in [-0.1, -0.05) is 0 Å². The fourth-order valence-corrected chi connectivity index (χ4v) is 9.21. The first kappa shape index (κ1) is 54.6. The molecular weight excluding hydrogens is 1040 g/mol. The Morgan fingerprint density at radius 3 is 1.29 bits per heavy atom. The Hall–Kier alpha value is -9.16. The molecular formula is C55H53F6N13O5. The Labute approximate surface area is 448 Å². The number of hydrogen-bond acceptors (Lipinski definition) is 10. The number of aromatic nitrogens is 4. The molecule has 0 bridgehead atoms. The number of anilines is 6. The molecule has 2 aliphatic heterocycles. The van der Waals surface area contributed by atoms with Crippen LogP contribution in [0.2, 0.25) is 0 Å². The number of benzene rings is 4. The SMILES string of the molecule is CNC(=O)c1cc(-n2ccc3cc(NC(=O)Nc4ccc(N5CCN(C)CC5)c(C(F)(F)F)c4)ccc32)ccn1.CNC(=O)c1cc(-n2ccc3cc(NC(=O)Nc4ccc(N5CCOCC5)c(C(F)(F)F)c4)ccc32)ccn1. The summed E-state index contributed by atoms with van der Waals surface area (Å²) in [5.41, 5.74) is 3.23. The van der Waals surface area contributed by atoms with E-state index in [0.29, 0.717) is 63.9 Å². The topological polar surface area (TPSA) is 195 Å². The van der Waals surface area contributed by atoms with Crippen LogP contribution in [-0.4, -0.2) is 122 Å². The summed E-state index contributed by atoms with van der Waals surface area (Å²) in [5.74, 6) is -0.601. The Bertz CT molecular complexity index is 3550. The number of halogens is 6. The highest BCUT2D eigenvalue weighted by Crippen LogP contribution is 2.40. The van der Waals surface area contributed by atoms with Crippen LogP contribution in [0.1, 0.15) is 32.1 Å². The third-order valence-corrected chi connectivity index (χ3v) is 13.2. The summed E-state index contributed by atoms with van der Waals surface area (Å²) in [6.45, 7) is 3.76. The number of amides is 6. The van der Waals surface area contributed by atoms with Crippen LogP contribution in [0, 0.1) is 0 Å². The summed E-state index contributed by atoms with van der Waals surface area (Å²) in [4.78, 5) is 62.8. The largest absolute Gasteiger partial charge is 0.418 e. The van der Waals surface area contributed by atoms with E-state index in [0.717, 1.165) is 45.3 Å². The van der Waals surface area contributed by atoms with Crippen LogP contribution in [0.5, 0.6) is 0 Å². The van der Waals surface area contributed by atoms with Crippen molar-refractivity contribution in [3.05, 3.63) is 156 Å². The number of fused-ring (bicyclic) bond motifs is 2. The van der Waals surface area contributed by atoms with Gasteiger partial charge in [-0.25, -0.2) is 9.59 Å². The van der Waals surface area contributed by atoms with Crippen molar-refractivity contribution >= 4 is 79.8 Å². The van der Waals surface area contributed by atoms with E-state index in [-0.39, 0.29) is 46.0 Å². The summed E-state index contributed by atoms with van der Waals surface area (Å²) in [5, 5.41) is 17.1. The predicted molar refractivity (Wildman–Crippen MR) is 290 cm³/mol. The summed E-state index contributed by atoms with van der Waals surface area (Å²) in [6.07, 6.45) is -2.40.